The Bertz CT molecular complexity index is 928. The minimum absolute atomic E-state index is 0.214. The molecule has 0 saturated carbocycles. The molecule has 0 bridgehead atoms. The third-order valence-corrected chi connectivity index (χ3v) is 4.02. The second-order valence-corrected chi connectivity index (χ2v) is 6.24. The van der Waals surface area contributed by atoms with Crippen molar-refractivity contribution in [3.8, 4) is 5.75 Å². The predicted molar refractivity (Wildman–Crippen MR) is 107 cm³/mol. The minimum Gasteiger partial charge on any atom is -0.494 e. The van der Waals surface area contributed by atoms with Crippen molar-refractivity contribution in [1.29, 1.82) is 0 Å². The lowest BCUT2D eigenvalue weighted by atomic mass is 10.2. The van der Waals surface area contributed by atoms with Gasteiger partial charge < -0.3 is 15.4 Å². The highest BCUT2D eigenvalue weighted by Gasteiger charge is 2.10. The summed E-state index contributed by atoms with van der Waals surface area (Å²) in [6.45, 7) is 4.45. The van der Waals surface area contributed by atoms with E-state index >= 15 is 0 Å². The molecule has 1 amide bonds. The number of halogens is 1. The standard InChI is InChI=1S/C20H19ClN4O2/c1-3-27-16-8-6-15(7-9-16)22-19-11-10-17(24-25-19)20(26)23-18-12-14(21)5-4-13(18)2/h4-12H,3H2,1-2H3,(H,22,25)(H,23,26). The highest BCUT2D eigenvalue weighted by atomic mass is 35.5. The van der Waals surface area contributed by atoms with Crippen LogP contribution in [-0.2, 0) is 0 Å². The number of hydrogen-bond acceptors (Lipinski definition) is 5. The summed E-state index contributed by atoms with van der Waals surface area (Å²) in [5, 5.41) is 14.5. The van der Waals surface area contributed by atoms with E-state index in [1.165, 1.54) is 0 Å². The second-order valence-electron chi connectivity index (χ2n) is 5.80. The molecule has 6 nitrogen and oxygen atoms in total. The number of benzene rings is 2. The van der Waals surface area contributed by atoms with Gasteiger partial charge in [-0.3, -0.25) is 4.79 Å². The lowest BCUT2D eigenvalue weighted by molar-refractivity contribution is 0.102. The highest BCUT2D eigenvalue weighted by molar-refractivity contribution is 6.31. The molecule has 0 aliphatic rings. The predicted octanol–water partition coefficient (Wildman–Crippen LogP) is 4.83. The van der Waals surface area contributed by atoms with E-state index in [0.29, 0.717) is 23.1 Å². The third kappa shape index (κ3) is 4.95. The van der Waals surface area contributed by atoms with Gasteiger partial charge in [-0.25, -0.2) is 0 Å². The van der Waals surface area contributed by atoms with Crippen molar-refractivity contribution in [2.45, 2.75) is 13.8 Å². The van der Waals surface area contributed by atoms with Crippen molar-refractivity contribution < 1.29 is 9.53 Å². The summed E-state index contributed by atoms with van der Waals surface area (Å²) in [6, 6.07) is 16.1. The summed E-state index contributed by atoms with van der Waals surface area (Å²) in [7, 11) is 0. The van der Waals surface area contributed by atoms with Gasteiger partial charge in [0.1, 0.15) is 5.75 Å². The Morgan fingerprint density at radius 1 is 1.07 bits per heavy atom. The molecule has 0 radical (unpaired) electrons. The Kier molecular flexibility index (Phi) is 5.88. The number of amides is 1. The number of carbonyl (C=O) groups excluding carboxylic acids is 1. The minimum atomic E-state index is -0.347. The molecule has 7 heteroatoms. The van der Waals surface area contributed by atoms with Crippen LogP contribution in [0, 0.1) is 6.92 Å². The quantitative estimate of drug-likeness (QED) is 0.638. The van der Waals surface area contributed by atoms with Gasteiger partial charge in [0, 0.05) is 16.4 Å². The van der Waals surface area contributed by atoms with Crippen molar-refractivity contribution >= 4 is 34.7 Å². The van der Waals surface area contributed by atoms with Crippen molar-refractivity contribution in [2.75, 3.05) is 17.2 Å². The first kappa shape index (κ1) is 18.7. The van der Waals surface area contributed by atoms with Gasteiger partial charge in [-0.2, -0.15) is 0 Å². The van der Waals surface area contributed by atoms with Gasteiger partial charge in [0.2, 0.25) is 0 Å². The van der Waals surface area contributed by atoms with E-state index < -0.39 is 0 Å². The van der Waals surface area contributed by atoms with E-state index in [9.17, 15) is 4.79 Å². The van der Waals surface area contributed by atoms with E-state index in [2.05, 4.69) is 20.8 Å². The van der Waals surface area contributed by atoms with E-state index in [1.807, 2.05) is 44.2 Å². The molecule has 3 rings (SSSR count). The lowest BCUT2D eigenvalue weighted by Crippen LogP contribution is -2.15. The Hall–Kier alpha value is -3.12. The Morgan fingerprint density at radius 3 is 2.52 bits per heavy atom. The molecule has 2 N–H and O–H groups in total. The highest BCUT2D eigenvalue weighted by Crippen LogP contribution is 2.21. The fraction of sp³-hybridized carbons (Fsp3) is 0.150. The first-order valence-electron chi connectivity index (χ1n) is 8.46. The molecule has 0 unspecified atom stereocenters. The van der Waals surface area contributed by atoms with Gasteiger partial charge in [-0.15, -0.1) is 10.2 Å². The number of nitrogens with zero attached hydrogens (tertiary/aromatic N) is 2. The van der Waals surface area contributed by atoms with Crippen LogP contribution in [-0.4, -0.2) is 22.7 Å². The number of rotatable bonds is 6. The Labute approximate surface area is 162 Å². The van der Waals surface area contributed by atoms with Crippen LogP contribution in [0.4, 0.5) is 17.2 Å². The summed E-state index contributed by atoms with van der Waals surface area (Å²) in [6.07, 6.45) is 0. The lowest BCUT2D eigenvalue weighted by Gasteiger charge is -2.09. The average molecular weight is 383 g/mol. The number of ether oxygens (including phenoxy) is 1. The van der Waals surface area contributed by atoms with Crippen LogP contribution < -0.4 is 15.4 Å². The number of hydrogen-bond donors (Lipinski definition) is 2. The van der Waals surface area contributed by atoms with Crippen LogP contribution in [0.25, 0.3) is 0 Å². The molecule has 0 spiro atoms. The average Bonchev–Trinajstić information content (AvgIpc) is 2.67. The molecule has 0 aliphatic carbocycles. The summed E-state index contributed by atoms with van der Waals surface area (Å²) < 4.78 is 5.41. The number of aromatic nitrogens is 2. The SMILES string of the molecule is CCOc1ccc(Nc2ccc(C(=O)Nc3cc(Cl)ccc3C)nn2)cc1. The van der Waals surface area contributed by atoms with Crippen LogP contribution in [0.3, 0.4) is 0 Å². The van der Waals surface area contributed by atoms with Crippen molar-refractivity contribution in [3.05, 3.63) is 70.9 Å². The first-order valence-corrected chi connectivity index (χ1v) is 8.84. The number of anilines is 3. The molecule has 0 aliphatic heterocycles. The van der Waals surface area contributed by atoms with Crippen LogP contribution >= 0.6 is 11.6 Å². The smallest absolute Gasteiger partial charge is 0.276 e. The molecule has 1 heterocycles. The van der Waals surface area contributed by atoms with Crippen LogP contribution in [0.1, 0.15) is 23.0 Å². The first-order chi connectivity index (χ1) is 13.0. The van der Waals surface area contributed by atoms with Crippen molar-refractivity contribution in [2.24, 2.45) is 0 Å². The molecular formula is C20H19ClN4O2. The van der Waals surface area contributed by atoms with Gasteiger partial charge in [0.05, 0.1) is 6.61 Å². The zero-order valence-corrected chi connectivity index (χ0v) is 15.7. The summed E-state index contributed by atoms with van der Waals surface area (Å²) >= 11 is 5.98. The summed E-state index contributed by atoms with van der Waals surface area (Å²) in [5.74, 6) is 0.993. The van der Waals surface area contributed by atoms with Crippen molar-refractivity contribution in [1.82, 2.24) is 10.2 Å². The maximum atomic E-state index is 12.4. The van der Waals surface area contributed by atoms with E-state index in [1.54, 1.807) is 24.3 Å². The van der Waals surface area contributed by atoms with Gasteiger partial charge in [0.15, 0.2) is 11.5 Å². The number of carbonyl (C=O) groups is 1. The molecule has 2 aromatic carbocycles. The molecule has 1 aromatic heterocycles. The monoisotopic (exact) mass is 382 g/mol. The Balaban J connectivity index is 1.65. The van der Waals surface area contributed by atoms with E-state index in [0.717, 1.165) is 17.0 Å². The van der Waals surface area contributed by atoms with E-state index in [4.69, 9.17) is 16.3 Å². The van der Waals surface area contributed by atoms with Gasteiger partial charge in [-0.1, -0.05) is 17.7 Å². The second kappa shape index (κ2) is 8.51. The Morgan fingerprint density at radius 2 is 1.85 bits per heavy atom. The zero-order valence-electron chi connectivity index (χ0n) is 15.0. The van der Waals surface area contributed by atoms with Gasteiger partial charge >= 0.3 is 0 Å². The molecule has 138 valence electrons. The van der Waals surface area contributed by atoms with Crippen LogP contribution in [0.5, 0.6) is 5.75 Å². The van der Waals surface area contributed by atoms with E-state index in [-0.39, 0.29) is 11.6 Å². The maximum absolute atomic E-state index is 12.4. The fourth-order valence-electron chi connectivity index (χ4n) is 2.38. The molecule has 3 aromatic rings. The van der Waals surface area contributed by atoms with Crippen LogP contribution in [0.2, 0.25) is 5.02 Å². The van der Waals surface area contributed by atoms with Crippen molar-refractivity contribution in [3.63, 3.8) is 0 Å². The number of aryl methyl sites for hydroxylation is 1. The molecule has 27 heavy (non-hydrogen) atoms. The molecular weight excluding hydrogens is 364 g/mol. The van der Waals surface area contributed by atoms with Gasteiger partial charge in [-0.05, 0) is 67.9 Å². The zero-order chi connectivity index (χ0) is 19.2. The van der Waals surface area contributed by atoms with Gasteiger partial charge in [0.25, 0.3) is 5.91 Å². The number of nitrogens with one attached hydrogen (secondary N) is 2. The van der Waals surface area contributed by atoms with Crippen LogP contribution in [0.15, 0.2) is 54.6 Å². The third-order valence-electron chi connectivity index (χ3n) is 3.78. The largest absolute Gasteiger partial charge is 0.494 e. The normalized spacial score (nSPS) is 10.3. The maximum Gasteiger partial charge on any atom is 0.276 e. The molecule has 0 fully saturated rings. The fourth-order valence-corrected chi connectivity index (χ4v) is 2.56. The summed E-state index contributed by atoms with van der Waals surface area (Å²) in [4.78, 5) is 12.4. The molecule has 0 saturated heterocycles. The topological polar surface area (TPSA) is 76.1 Å². The molecule has 0 atom stereocenters. The summed E-state index contributed by atoms with van der Waals surface area (Å²) in [5.41, 5.74) is 2.62.